The molecule has 2 bridgehead atoms. The summed E-state index contributed by atoms with van der Waals surface area (Å²) in [5.74, 6) is 0. The lowest BCUT2D eigenvalue weighted by Gasteiger charge is -2.36. The van der Waals surface area contributed by atoms with Gasteiger partial charge in [-0.25, -0.2) is 0 Å². The molecule has 0 fully saturated rings. The molecular formula is C25H19N. The van der Waals surface area contributed by atoms with Crippen LogP contribution in [0.2, 0.25) is 0 Å². The molecule has 0 spiro atoms. The smallest absolute Gasteiger partial charge is 0.0718 e. The van der Waals surface area contributed by atoms with E-state index in [-0.39, 0.29) is 6.04 Å². The van der Waals surface area contributed by atoms with Gasteiger partial charge in [-0.3, -0.25) is 0 Å². The van der Waals surface area contributed by atoms with Crippen molar-refractivity contribution in [3.63, 3.8) is 0 Å². The first-order valence-electron chi connectivity index (χ1n) is 9.01. The maximum Gasteiger partial charge on any atom is 0.0718 e. The SMILES string of the molecule is C1=CC2C=C(C(c3ccccc3)=C1)c1ccccc1N2c1ccccc1. The zero-order chi connectivity index (χ0) is 17.3. The van der Waals surface area contributed by atoms with Gasteiger partial charge in [0, 0.05) is 16.9 Å². The molecule has 2 aliphatic rings. The molecule has 3 aromatic carbocycles. The normalized spacial score (nSPS) is 17.8. The van der Waals surface area contributed by atoms with E-state index >= 15 is 0 Å². The van der Waals surface area contributed by atoms with Crippen LogP contribution in [0.1, 0.15) is 11.1 Å². The minimum Gasteiger partial charge on any atom is -0.330 e. The van der Waals surface area contributed by atoms with Gasteiger partial charge in [-0.05, 0) is 41.0 Å². The molecule has 1 nitrogen and oxygen atoms in total. The van der Waals surface area contributed by atoms with E-state index in [1.165, 1.54) is 33.6 Å². The number of anilines is 2. The second-order valence-electron chi connectivity index (χ2n) is 6.62. The fourth-order valence-corrected chi connectivity index (χ4v) is 3.91. The Labute approximate surface area is 154 Å². The van der Waals surface area contributed by atoms with Gasteiger partial charge in [0.05, 0.1) is 6.04 Å². The summed E-state index contributed by atoms with van der Waals surface area (Å²) in [7, 11) is 0. The predicted octanol–water partition coefficient (Wildman–Crippen LogP) is 6.24. The van der Waals surface area contributed by atoms with Crippen LogP contribution in [-0.2, 0) is 0 Å². The van der Waals surface area contributed by atoms with Gasteiger partial charge in [0.15, 0.2) is 0 Å². The van der Waals surface area contributed by atoms with Gasteiger partial charge in [0.2, 0.25) is 0 Å². The molecule has 1 heterocycles. The lowest BCUT2D eigenvalue weighted by atomic mass is 9.87. The van der Waals surface area contributed by atoms with E-state index in [0.717, 1.165) is 0 Å². The Kier molecular flexibility index (Phi) is 3.57. The van der Waals surface area contributed by atoms with Gasteiger partial charge in [0.25, 0.3) is 0 Å². The molecule has 1 heteroatoms. The van der Waals surface area contributed by atoms with Crippen LogP contribution >= 0.6 is 0 Å². The number of nitrogens with zero attached hydrogens (tertiary/aromatic N) is 1. The highest BCUT2D eigenvalue weighted by molar-refractivity contribution is 6.10. The average molecular weight is 333 g/mol. The van der Waals surface area contributed by atoms with Crippen LogP contribution in [0.15, 0.2) is 109 Å². The van der Waals surface area contributed by atoms with Crippen LogP contribution in [0.4, 0.5) is 11.4 Å². The Morgan fingerprint density at radius 2 is 1.35 bits per heavy atom. The van der Waals surface area contributed by atoms with Crippen molar-refractivity contribution in [2.24, 2.45) is 0 Å². The van der Waals surface area contributed by atoms with Gasteiger partial charge in [0.1, 0.15) is 0 Å². The van der Waals surface area contributed by atoms with Gasteiger partial charge < -0.3 is 4.90 Å². The molecule has 5 rings (SSSR count). The lowest BCUT2D eigenvalue weighted by Crippen LogP contribution is -2.31. The third-order valence-electron chi connectivity index (χ3n) is 5.07. The molecule has 1 unspecified atom stereocenters. The first kappa shape index (κ1) is 15.0. The summed E-state index contributed by atoms with van der Waals surface area (Å²) in [6.45, 7) is 0. The van der Waals surface area contributed by atoms with Crippen molar-refractivity contribution >= 4 is 22.5 Å². The predicted molar refractivity (Wildman–Crippen MR) is 110 cm³/mol. The van der Waals surface area contributed by atoms with Crippen LogP contribution in [0, 0.1) is 0 Å². The third-order valence-corrected chi connectivity index (χ3v) is 5.07. The van der Waals surface area contributed by atoms with Gasteiger partial charge >= 0.3 is 0 Å². The van der Waals surface area contributed by atoms with Gasteiger partial charge in [-0.2, -0.15) is 0 Å². The Morgan fingerprint density at radius 3 is 2.15 bits per heavy atom. The van der Waals surface area contributed by atoms with Gasteiger partial charge in [-0.15, -0.1) is 0 Å². The second-order valence-corrected chi connectivity index (χ2v) is 6.62. The minimum atomic E-state index is 0.208. The largest absolute Gasteiger partial charge is 0.330 e. The molecule has 0 amide bonds. The van der Waals surface area contributed by atoms with E-state index in [4.69, 9.17) is 0 Å². The number of benzene rings is 3. The van der Waals surface area contributed by atoms with Crippen molar-refractivity contribution in [2.45, 2.75) is 6.04 Å². The number of hydrogen-bond donors (Lipinski definition) is 0. The first-order valence-corrected chi connectivity index (χ1v) is 9.01. The van der Waals surface area contributed by atoms with E-state index in [1.807, 2.05) is 0 Å². The van der Waals surface area contributed by atoms with Crippen LogP contribution < -0.4 is 4.90 Å². The average Bonchev–Trinajstić information content (AvgIpc) is 2.90. The second kappa shape index (κ2) is 6.20. The Hall–Kier alpha value is -3.32. The van der Waals surface area contributed by atoms with E-state index < -0.39 is 0 Å². The Morgan fingerprint density at radius 1 is 0.654 bits per heavy atom. The number of allylic oxidation sites excluding steroid dienone is 4. The molecule has 1 aliphatic heterocycles. The molecule has 26 heavy (non-hydrogen) atoms. The molecular weight excluding hydrogens is 314 g/mol. The minimum absolute atomic E-state index is 0.208. The number of fused-ring (bicyclic) bond motifs is 3. The van der Waals surface area contributed by atoms with Crippen molar-refractivity contribution in [1.82, 2.24) is 0 Å². The van der Waals surface area contributed by atoms with Crippen molar-refractivity contribution < 1.29 is 0 Å². The summed E-state index contributed by atoms with van der Waals surface area (Å²) in [6.07, 6.45) is 9.10. The Balaban J connectivity index is 1.71. The lowest BCUT2D eigenvalue weighted by molar-refractivity contribution is 0.932. The molecule has 3 aromatic rings. The zero-order valence-electron chi connectivity index (χ0n) is 14.4. The summed E-state index contributed by atoms with van der Waals surface area (Å²) >= 11 is 0. The van der Waals surface area contributed by atoms with E-state index in [9.17, 15) is 0 Å². The topological polar surface area (TPSA) is 3.24 Å². The highest BCUT2D eigenvalue weighted by Gasteiger charge is 2.28. The van der Waals surface area contributed by atoms with Gasteiger partial charge in [-0.1, -0.05) is 85.0 Å². The zero-order valence-corrected chi connectivity index (χ0v) is 14.4. The summed E-state index contributed by atoms with van der Waals surface area (Å²) < 4.78 is 0. The maximum atomic E-state index is 2.41. The molecule has 1 atom stereocenters. The van der Waals surface area contributed by atoms with Crippen LogP contribution in [-0.4, -0.2) is 6.04 Å². The van der Waals surface area contributed by atoms with E-state index in [0.29, 0.717) is 0 Å². The summed E-state index contributed by atoms with van der Waals surface area (Å²) in [6, 6.07) is 30.2. The Bertz CT molecular complexity index is 1030. The van der Waals surface area contributed by atoms with Crippen molar-refractivity contribution in [1.29, 1.82) is 0 Å². The van der Waals surface area contributed by atoms with Crippen LogP contribution in [0.5, 0.6) is 0 Å². The monoisotopic (exact) mass is 333 g/mol. The van der Waals surface area contributed by atoms with E-state index in [2.05, 4.69) is 114 Å². The van der Waals surface area contributed by atoms with Crippen LogP contribution in [0.25, 0.3) is 11.1 Å². The molecule has 1 aliphatic carbocycles. The molecule has 0 radical (unpaired) electrons. The first-order chi connectivity index (χ1) is 12.9. The summed E-state index contributed by atoms with van der Waals surface area (Å²) in [5.41, 5.74) is 7.61. The number of para-hydroxylation sites is 2. The fraction of sp³-hybridized carbons (Fsp3) is 0.0400. The maximum absolute atomic E-state index is 2.41. The molecule has 0 saturated heterocycles. The number of hydrogen-bond acceptors (Lipinski definition) is 1. The third kappa shape index (κ3) is 2.41. The van der Waals surface area contributed by atoms with Crippen molar-refractivity contribution in [2.75, 3.05) is 4.90 Å². The highest BCUT2D eigenvalue weighted by Crippen LogP contribution is 2.45. The van der Waals surface area contributed by atoms with E-state index in [1.54, 1.807) is 0 Å². The molecule has 124 valence electrons. The van der Waals surface area contributed by atoms with Crippen molar-refractivity contribution in [3.8, 4) is 0 Å². The quantitative estimate of drug-likeness (QED) is 0.536. The summed E-state index contributed by atoms with van der Waals surface area (Å²) in [4.78, 5) is 2.41. The van der Waals surface area contributed by atoms with Crippen LogP contribution in [0.3, 0.4) is 0 Å². The summed E-state index contributed by atoms with van der Waals surface area (Å²) in [5, 5.41) is 0. The molecule has 0 aromatic heterocycles. The highest BCUT2D eigenvalue weighted by atomic mass is 15.2. The molecule has 0 N–H and O–H groups in total. The number of rotatable bonds is 2. The fourth-order valence-electron chi connectivity index (χ4n) is 3.91. The van der Waals surface area contributed by atoms with Crippen molar-refractivity contribution in [3.05, 3.63) is 120 Å². The standard InChI is InChI=1S/C25H19N/c1-3-10-19(11-4-1)22-16-9-14-21-18-24(22)23-15-7-8-17-25(23)26(21)20-12-5-2-6-13-20/h1-18,21H. The molecule has 0 saturated carbocycles.